The molecule has 0 radical (unpaired) electrons. The van der Waals surface area contributed by atoms with Crippen molar-refractivity contribution < 1.29 is 49.1 Å². The molecule has 236 valence electrons. The lowest BCUT2D eigenvalue weighted by Gasteiger charge is -2.34. The minimum absolute atomic E-state index is 0.391. The molecule has 3 atom stereocenters. The first kappa shape index (κ1) is 32.8. The largest absolute Gasteiger partial charge is 0.493 e. The molecule has 0 saturated heterocycles. The maximum Gasteiger partial charge on any atom is 0.348 e. The van der Waals surface area contributed by atoms with Crippen LogP contribution in [0.15, 0.2) is 77.8 Å². The van der Waals surface area contributed by atoms with Crippen LogP contribution in [0.5, 0.6) is 11.5 Å². The molecule has 0 fully saturated rings. The average Bonchev–Trinajstić information content (AvgIpc) is 3.62. The predicted octanol–water partition coefficient (Wildman–Crippen LogP) is 2.51. The molecule has 3 aromatic carbocycles. The maximum atomic E-state index is 12.6. The molecule has 45 heavy (non-hydrogen) atoms. The lowest BCUT2D eigenvalue weighted by Crippen LogP contribution is -2.71. The van der Waals surface area contributed by atoms with Gasteiger partial charge in [-0.1, -0.05) is 66.7 Å². The number of nitrogens with one attached hydrogen (secondary N) is 1. The van der Waals surface area contributed by atoms with Crippen LogP contribution >= 0.6 is 0 Å². The van der Waals surface area contributed by atoms with Crippen molar-refractivity contribution in [3.05, 3.63) is 95.1 Å². The van der Waals surface area contributed by atoms with Crippen molar-refractivity contribution in [3.8, 4) is 11.5 Å². The van der Waals surface area contributed by atoms with E-state index >= 15 is 0 Å². The molecule has 0 bridgehead atoms. The second-order valence-corrected chi connectivity index (χ2v) is 10.4. The number of aliphatic carboxylic acids is 2. The average molecular weight is 619 g/mol. The normalized spacial score (nSPS) is 17.9. The van der Waals surface area contributed by atoms with Gasteiger partial charge in [0.05, 0.1) is 20.8 Å². The van der Waals surface area contributed by atoms with Gasteiger partial charge in [0, 0.05) is 29.2 Å². The first-order chi connectivity index (χ1) is 21.5. The summed E-state index contributed by atoms with van der Waals surface area (Å²) in [6.07, 6.45) is 3.38. The van der Waals surface area contributed by atoms with Crippen molar-refractivity contribution in [2.24, 2.45) is 4.99 Å². The Morgan fingerprint density at radius 2 is 1.33 bits per heavy atom. The van der Waals surface area contributed by atoms with Gasteiger partial charge < -0.3 is 35.2 Å². The zero-order valence-electron chi connectivity index (χ0n) is 24.7. The molecule has 5 rings (SSSR count). The number of aliphatic imine (C=N–C) groups is 1. The number of hydrogen-bond acceptors (Lipinski definition) is 10. The Labute approximate surface area is 259 Å². The highest BCUT2D eigenvalue weighted by molar-refractivity contribution is 6.28. The number of methoxy groups -OCH3 is 2. The quantitative estimate of drug-likeness (QED) is 0.166. The molecule has 3 unspecified atom stereocenters. The third-order valence-corrected chi connectivity index (χ3v) is 7.88. The van der Waals surface area contributed by atoms with Crippen molar-refractivity contribution in [3.63, 3.8) is 0 Å². The van der Waals surface area contributed by atoms with E-state index in [9.17, 15) is 39.6 Å². The van der Waals surface area contributed by atoms with E-state index in [-0.39, 0.29) is 0 Å². The van der Waals surface area contributed by atoms with Gasteiger partial charge in [-0.05, 0) is 30.9 Å². The number of carboxylic acid groups (broad SMARTS) is 2. The van der Waals surface area contributed by atoms with E-state index in [1.807, 2.05) is 6.07 Å². The van der Waals surface area contributed by atoms with Crippen molar-refractivity contribution in [1.29, 1.82) is 0 Å². The number of Topliss-reactive ketones (excluding diaryl/α,β-unsaturated/α-hetero) is 2. The maximum absolute atomic E-state index is 12.6. The van der Waals surface area contributed by atoms with Gasteiger partial charge in [-0.25, -0.2) is 9.59 Å². The summed E-state index contributed by atoms with van der Waals surface area (Å²) in [6.45, 7) is 1.86. The molecular formula is C33H34N2O10. The van der Waals surface area contributed by atoms with Crippen LogP contribution in [0.3, 0.4) is 0 Å². The number of ether oxygens (including phenoxy) is 2. The monoisotopic (exact) mass is 618 g/mol. The Balaban J connectivity index is 0.000000214. The fourth-order valence-corrected chi connectivity index (χ4v) is 5.59. The highest BCUT2D eigenvalue weighted by Gasteiger charge is 2.69. The molecule has 12 nitrogen and oxygen atoms in total. The molecule has 0 saturated carbocycles. The summed E-state index contributed by atoms with van der Waals surface area (Å²) in [7, 11) is 3.40. The number of carbonyl (C=O) groups is 4. The van der Waals surface area contributed by atoms with Crippen LogP contribution in [-0.2, 0) is 16.0 Å². The first-order valence-corrected chi connectivity index (χ1v) is 14.2. The Morgan fingerprint density at radius 3 is 1.76 bits per heavy atom. The molecule has 1 aliphatic carbocycles. The van der Waals surface area contributed by atoms with Crippen molar-refractivity contribution >= 4 is 29.3 Å². The standard InChI is InChI=1S/C18H14O8.C15H20N2O2/c19-13(11-7-3-1-4-8-11)17(25,15(21)22)18(26,16(23)24)14(20)12-9-5-2-6-10-12;1-18-13-7-6-10-11(14(13)19-2)4-3-5-12(10)15-16-8-9-17-15/h1-10,25-26H,(H,21,22)(H,23,24);6-7,12H,3-5,8-9H2,1-2H3,(H,16,17). The van der Waals surface area contributed by atoms with Gasteiger partial charge in [-0.2, -0.15) is 0 Å². The van der Waals surface area contributed by atoms with E-state index < -0.39 is 45.8 Å². The summed E-state index contributed by atoms with van der Waals surface area (Å²) in [6, 6.07) is 17.0. The number of hydrogen-bond donors (Lipinski definition) is 5. The number of ketones is 2. The van der Waals surface area contributed by atoms with Crippen LogP contribution in [0.1, 0.15) is 50.6 Å². The molecule has 1 aliphatic heterocycles. The van der Waals surface area contributed by atoms with E-state index in [1.165, 1.54) is 53.9 Å². The van der Waals surface area contributed by atoms with Gasteiger partial charge in [0.2, 0.25) is 11.6 Å². The lowest BCUT2D eigenvalue weighted by atomic mass is 9.73. The van der Waals surface area contributed by atoms with Crippen LogP contribution in [0.2, 0.25) is 0 Å². The van der Waals surface area contributed by atoms with Crippen molar-refractivity contribution in [2.75, 3.05) is 27.3 Å². The smallest absolute Gasteiger partial charge is 0.348 e. The molecule has 5 N–H and O–H groups in total. The highest BCUT2D eigenvalue weighted by Crippen LogP contribution is 2.42. The Hall–Kier alpha value is -5.07. The second-order valence-electron chi connectivity index (χ2n) is 10.4. The van der Waals surface area contributed by atoms with Crippen LogP contribution in [0.4, 0.5) is 0 Å². The number of benzene rings is 3. The molecule has 0 aromatic heterocycles. The molecule has 0 amide bonds. The zero-order valence-corrected chi connectivity index (χ0v) is 24.7. The third-order valence-electron chi connectivity index (χ3n) is 7.88. The number of amidine groups is 1. The second kappa shape index (κ2) is 13.7. The molecule has 12 heteroatoms. The van der Waals surface area contributed by atoms with Crippen LogP contribution in [-0.4, -0.2) is 88.3 Å². The van der Waals surface area contributed by atoms with Crippen LogP contribution in [0.25, 0.3) is 0 Å². The zero-order chi connectivity index (χ0) is 32.8. The number of aliphatic hydroxyl groups is 2. The summed E-state index contributed by atoms with van der Waals surface area (Å²) in [5, 5.41) is 43.3. The molecule has 1 heterocycles. The van der Waals surface area contributed by atoms with Gasteiger partial charge in [0.25, 0.3) is 11.2 Å². The van der Waals surface area contributed by atoms with Crippen LogP contribution < -0.4 is 14.8 Å². The topological polar surface area (TPSA) is 192 Å². The SMILES string of the molecule is COc1ccc2c(c1OC)CCCC2C1=NCCN1.O=C(O)C(O)(C(=O)c1ccccc1)C(O)(C(=O)O)C(=O)c1ccccc1. The van der Waals surface area contributed by atoms with Crippen molar-refractivity contribution in [2.45, 2.75) is 36.4 Å². The van der Waals surface area contributed by atoms with E-state index in [0.717, 1.165) is 67.5 Å². The minimum atomic E-state index is -3.95. The predicted molar refractivity (Wildman–Crippen MR) is 162 cm³/mol. The summed E-state index contributed by atoms with van der Waals surface area (Å²) >= 11 is 0. The fourth-order valence-electron chi connectivity index (χ4n) is 5.59. The highest BCUT2D eigenvalue weighted by atomic mass is 16.5. The number of fused-ring (bicyclic) bond motifs is 1. The Bertz CT molecular complexity index is 1530. The van der Waals surface area contributed by atoms with Gasteiger partial charge in [0.15, 0.2) is 11.5 Å². The number of carboxylic acids is 2. The Morgan fingerprint density at radius 1 is 0.800 bits per heavy atom. The van der Waals surface area contributed by atoms with Gasteiger partial charge in [-0.15, -0.1) is 0 Å². The molecule has 0 spiro atoms. The van der Waals surface area contributed by atoms with E-state index in [4.69, 9.17) is 9.47 Å². The summed E-state index contributed by atoms with van der Waals surface area (Å²) in [4.78, 5) is 53.1. The number of nitrogens with zero attached hydrogens (tertiary/aromatic N) is 1. The van der Waals surface area contributed by atoms with Gasteiger partial charge in [-0.3, -0.25) is 14.6 Å². The van der Waals surface area contributed by atoms with Crippen molar-refractivity contribution in [1.82, 2.24) is 5.32 Å². The van der Waals surface area contributed by atoms with Gasteiger partial charge >= 0.3 is 11.9 Å². The molecular weight excluding hydrogens is 584 g/mol. The lowest BCUT2D eigenvalue weighted by molar-refractivity contribution is -0.187. The van der Waals surface area contributed by atoms with E-state index in [1.54, 1.807) is 14.2 Å². The Kier molecular flexibility index (Phi) is 10.00. The van der Waals surface area contributed by atoms with Crippen LogP contribution in [0, 0.1) is 0 Å². The van der Waals surface area contributed by atoms with Gasteiger partial charge in [0.1, 0.15) is 5.84 Å². The molecule has 3 aromatic rings. The first-order valence-electron chi connectivity index (χ1n) is 14.2. The summed E-state index contributed by atoms with van der Waals surface area (Å²) < 4.78 is 11.0. The minimum Gasteiger partial charge on any atom is -0.493 e. The number of rotatable bonds is 10. The van der Waals surface area contributed by atoms with E-state index in [2.05, 4.69) is 16.4 Å². The molecule has 2 aliphatic rings. The summed E-state index contributed by atoms with van der Waals surface area (Å²) in [5.74, 6) is -4.77. The van der Waals surface area contributed by atoms with E-state index in [0.29, 0.717) is 5.92 Å². The third kappa shape index (κ3) is 6.02. The fraction of sp³-hybridized carbons (Fsp3) is 0.303. The summed E-state index contributed by atoms with van der Waals surface area (Å²) in [5.41, 5.74) is -6.05. The number of carbonyl (C=O) groups excluding carboxylic acids is 2.